The number of benzene rings is 1. The van der Waals surface area contributed by atoms with Gasteiger partial charge in [-0.15, -0.1) is 0 Å². The second kappa shape index (κ2) is 7.60. The number of nitrogens with zero attached hydrogens (tertiary/aromatic N) is 2. The molecule has 0 radical (unpaired) electrons. The van der Waals surface area contributed by atoms with Crippen molar-refractivity contribution in [1.82, 2.24) is 20.5 Å². The highest BCUT2D eigenvalue weighted by Crippen LogP contribution is 2.26. The van der Waals surface area contributed by atoms with Crippen LogP contribution in [-0.4, -0.2) is 34.8 Å². The van der Waals surface area contributed by atoms with Gasteiger partial charge >= 0.3 is 6.03 Å². The van der Waals surface area contributed by atoms with Crippen molar-refractivity contribution >= 4 is 40.9 Å². The molecule has 128 valence electrons. The third kappa shape index (κ3) is 3.95. The molecule has 0 fully saturated rings. The Kier molecular flexibility index (Phi) is 5.27. The predicted molar refractivity (Wildman–Crippen MR) is 98.6 cm³/mol. The summed E-state index contributed by atoms with van der Waals surface area (Å²) in [5.41, 5.74) is 2.41. The summed E-state index contributed by atoms with van der Waals surface area (Å²) in [6.45, 7) is 0.765. The summed E-state index contributed by atoms with van der Waals surface area (Å²) < 4.78 is 0.999. The van der Waals surface area contributed by atoms with Crippen LogP contribution in [0.2, 0.25) is 0 Å². The first-order chi connectivity index (χ1) is 12.1. The van der Waals surface area contributed by atoms with Crippen LogP contribution in [0.1, 0.15) is 27.5 Å². The molecule has 1 aromatic carbocycles. The Morgan fingerprint density at radius 2 is 2.24 bits per heavy atom. The summed E-state index contributed by atoms with van der Waals surface area (Å²) >= 11 is 2.17. The van der Waals surface area contributed by atoms with E-state index in [0.29, 0.717) is 18.5 Å². The standard InChI is InChI=1S/C17H15IN4O3/c18-13-4-3-12-8-22(16(24)14(12)6-13)9-15(21-17(25)20-10-23)11-2-1-5-19-7-11/h1-7,10,15H,8-9H2,(H2,20,21,23,25)/t15-/m0/s1. The number of rotatable bonds is 5. The molecule has 25 heavy (non-hydrogen) atoms. The van der Waals surface area contributed by atoms with Gasteiger partial charge in [0.1, 0.15) is 0 Å². The van der Waals surface area contributed by atoms with Crippen LogP contribution in [0.25, 0.3) is 0 Å². The van der Waals surface area contributed by atoms with Crippen LogP contribution in [0.3, 0.4) is 0 Å². The first-order valence-corrected chi connectivity index (χ1v) is 8.64. The molecule has 0 saturated heterocycles. The second-order valence-corrected chi connectivity index (χ2v) is 6.81. The lowest BCUT2D eigenvalue weighted by Gasteiger charge is -2.24. The molecule has 8 heteroatoms. The third-order valence-electron chi connectivity index (χ3n) is 3.94. The van der Waals surface area contributed by atoms with Crippen molar-refractivity contribution in [3.8, 4) is 0 Å². The van der Waals surface area contributed by atoms with E-state index in [0.717, 1.165) is 14.7 Å². The summed E-state index contributed by atoms with van der Waals surface area (Å²) in [6, 6.07) is 8.24. The van der Waals surface area contributed by atoms with Crippen molar-refractivity contribution in [3.05, 3.63) is 63.0 Å². The Morgan fingerprint density at radius 1 is 1.40 bits per heavy atom. The number of nitrogens with one attached hydrogen (secondary N) is 2. The Labute approximate surface area is 157 Å². The maximum Gasteiger partial charge on any atom is 0.321 e. The predicted octanol–water partition coefficient (Wildman–Crippen LogP) is 1.84. The Hall–Kier alpha value is -2.49. The minimum Gasteiger partial charge on any atom is -0.332 e. The number of urea groups is 1. The molecule has 0 unspecified atom stereocenters. The molecular formula is C17H15IN4O3. The van der Waals surface area contributed by atoms with Crippen LogP contribution in [0, 0.1) is 3.57 Å². The van der Waals surface area contributed by atoms with E-state index in [9.17, 15) is 14.4 Å². The molecule has 4 amide bonds. The first kappa shape index (κ1) is 17.3. The van der Waals surface area contributed by atoms with Crippen LogP contribution >= 0.6 is 22.6 Å². The van der Waals surface area contributed by atoms with Gasteiger partial charge in [0.2, 0.25) is 6.41 Å². The Balaban J connectivity index is 1.80. The molecular weight excluding hydrogens is 435 g/mol. The number of halogens is 1. The highest BCUT2D eigenvalue weighted by atomic mass is 127. The van der Waals surface area contributed by atoms with E-state index in [-0.39, 0.29) is 12.5 Å². The zero-order valence-electron chi connectivity index (χ0n) is 13.1. The average Bonchev–Trinajstić information content (AvgIpc) is 2.91. The van der Waals surface area contributed by atoms with Crippen LogP contribution in [0.5, 0.6) is 0 Å². The molecule has 0 spiro atoms. The maximum atomic E-state index is 12.6. The molecule has 0 bridgehead atoms. The topological polar surface area (TPSA) is 91.4 Å². The fourth-order valence-electron chi connectivity index (χ4n) is 2.77. The molecule has 1 aliphatic heterocycles. The molecule has 2 N–H and O–H groups in total. The third-order valence-corrected chi connectivity index (χ3v) is 4.61. The number of carbonyl (C=O) groups is 3. The largest absolute Gasteiger partial charge is 0.332 e. The number of carbonyl (C=O) groups excluding carboxylic acids is 3. The van der Waals surface area contributed by atoms with Crippen molar-refractivity contribution in [2.45, 2.75) is 12.6 Å². The number of aromatic nitrogens is 1. The molecule has 0 saturated carbocycles. The summed E-state index contributed by atoms with van der Waals surface area (Å²) in [6.07, 6.45) is 3.57. The molecule has 1 atom stereocenters. The summed E-state index contributed by atoms with van der Waals surface area (Å²) in [7, 11) is 0. The SMILES string of the molecule is O=CNC(=O)N[C@@H](CN1Cc2ccc(I)cc2C1=O)c1cccnc1. The fraction of sp³-hybridized carbons (Fsp3) is 0.176. The van der Waals surface area contributed by atoms with E-state index < -0.39 is 12.1 Å². The van der Waals surface area contributed by atoms with Gasteiger partial charge in [-0.25, -0.2) is 4.79 Å². The smallest absolute Gasteiger partial charge is 0.321 e. The average molecular weight is 450 g/mol. The van der Waals surface area contributed by atoms with Gasteiger partial charge in [0.25, 0.3) is 5.91 Å². The maximum absolute atomic E-state index is 12.6. The van der Waals surface area contributed by atoms with Gasteiger partial charge in [-0.1, -0.05) is 12.1 Å². The molecule has 2 aromatic rings. The quantitative estimate of drug-likeness (QED) is 0.538. The van der Waals surface area contributed by atoms with Crippen LogP contribution in [-0.2, 0) is 11.3 Å². The zero-order valence-corrected chi connectivity index (χ0v) is 15.3. The normalized spacial score (nSPS) is 14.0. The van der Waals surface area contributed by atoms with E-state index in [1.807, 2.05) is 24.3 Å². The van der Waals surface area contributed by atoms with Gasteiger partial charge < -0.3 is 10.2 Å². The second-order valence-electron chi connectivity index (χ2n) is 5.56. The van der Waals surface area contributed by atoms with Gasteiger partial charge in [-0.05, 0) is 51.9 Å². The van der Waals surface area contributed by atoms with E-state index in [4.69, 9.17) is 0 Å². The van der Waals surface area contributed by atoms with Crippen molar-refractivity contribution in [2.24, 2.45) is 0 Å². The van der Waals surface area contributed by atoms with Crippen molar-refractivity contribution in [3.63, 3.8) is 0 Å². The van der Waals surface area contributed by atoms with Crippen LogP contribution in [0.15, 0.2) is 42.7 Å². The summed E-state index contributed by atoms with van der Waals surface area (Å²) in [5, 5.41) is 4.75. The number of imide groups is 1. The van der Waals surface area contributed by atoms with Crippen molar-refractivity contribution in [2.75, 3.05) is 6.54 Å². The number of pyridine rings is 1. The van der Waals surface area contributed by atoms with E-state index in [1.165, 1.54) is 0 Å². The highest BCUT2D eigenvalue weighted by Gasteiger charge is 2.30. The first-order valence-electron chi connectivity index (χ1n) is 7.57. The Morgan fingerprint density at radius 3 is 2.96 bits per heavy atom. The van der Waals surface area contributed by atoms with Gasteiger partial charge in [0.15, 0.2) is 0 Å². The molecule has 0 aliphatic carbocycles. The minimum absolute atomic E-state index is 0.0694. The number of amides is 4. The van der Waals surface area contributed by atoms with Gasteiger partial charge in [0, 0.05) is 34.6 Å². The number of hydrogen-bond acceptors (Lipinski definition) is 4. The van der Waals surface area contributed by atoms with Crippen LogP contribution in [0.4, 0.5) is 4.79 Å². The lowest BCUT2D eigenvalue weighted by molar-refractivity contribution is -0.108. The minimum atomic E-state index is -0.623. The fourth-order valence-corrected chi connectivity index (χ4v) is 3.26. The van der Waals surface area contributed by atoms with Gasteiger partial charge in [0.05, 0.1) is 6.04 Å². The highest BCUT2D eigenvalue weighted by molar-refractivity contribution is 14.1. The van der Waals surface area contributed by atoms with Gasteiger partial charge in [-0.3, -0.25) is 19.9 Å². The molecule has 1 aliphatic rings. The number of hydrogen-bond donors (Lipinski definition) is 2. The monoisotopic (exact) mass is 450 g/mol. The van der Waals surface area contributed by atoms with E-state index in [2.05, 4.69) is 38.2 Å². The summed E-state index contributed by atoms with van der Waals surface area (Å²) in [4.78, 5) is 40.6. The summed E-state index contributed by atoms with van der Waals surface area (Å²) in [5.74, 6) is -0.0694. The van der Waals surface area contributed by atoms with Gasteiger partial charge in [-0.2, -0.15) is 0 Å². The van der Waals surface area contributed by atoms with Crippen molar-refractivity contribution < 1.29 is 14.4 Å². The molecule has 2 heterocycles. The zero-order chi connectivity index (χ0) is 17.8. The van der Waals surface area contributed by atoms with E-state index in [1.54, 1.807) is 23.4 Å². The molecule has 7 nitrogen and oxygen atoms in total. The Bertz CT molecular complexity index is 813. The van der Waals surface area contributed by atoms with Crippen molar-refractivity contribution in [1.29, 1.82) is 0 Å². The lowest BCUT2D eigenvalue weighted by atomic mass is 10.1. The number of fused-ring (bicyclic) bond motifs is 1. The molecule has 1 aromatic heterocycles. The molecule has 3 rings (SSSR count). The lowest BCUT2D eigenvalue weighted by Crippen LogP contribution is -2.42. The van der Waals surface area contributed by atoms with Crippen LogP contribution < -0.4 is 10.6 Å². The van der Waals surface area contributed by atoms with E-state index >= 15 is 0 Å².